The maximum absolute atomic E-state index is 14.1. The normalized spacial score (nSPS) is 16.2. The molecular formula is C22H22FN3O4. The van der Waals surface area contributed by atoms with E-state index in [1.165, 1.54) is 6.07 Å². The van der Waals surface area contributed by atoms with Crippen molar-refractivity contribution in [2.75, 3.05) is 13.7 Å². The molecule has 4 rings (SSSR count). The second-order valence-corrected chi connectivity index (χ2v) is 6.92. The molecule has 1 aliphatic heterocycles. The summed E-state index contributed by atoms with van der Waals surface area (Å²) in [5.74, 6) is 1.51. The Morgan fingerprint density at radius 3 is 2.83 bits per heavy atom. The molecule has 1 amide bonds. The molecule has 1 atom stereocenters. The van der Waals surface area contributed by atoms with Gasteiger partial charge in [0.15, 0.2) is 11.5 Å². The molecule has 1 aliphatic rings. The van der Waals surface area contributed by atoms with Crippen LogP contribution in [0.25, 0.3) is 11.4 Å². The van der Waals surface area contributed by atoms with Gasteiger partial charge in [0.1, 0.15) is 11.9 Å². The highest BCUT2D eigenvalue weighted by Crippen LogP contribution is 2.36. The van der Waals surface area contributed by atoms with Gasteiger partial charge in [-0.15, -0.1) is 0 Å². The third kappa shape index (κ3) is 3.85. The number of amides is 1. The topological polar surface area (TPSA) is 77.7 Å². The zero-order valence-corrected chi connectivity index (χ0v) is 16.8. The molecule has 1 aromatic heterocycles. The Hall–Kier alpha value is -3.42. The molecule has 2 aromatic carbocycles. The van der Waals surface area contributed by atoms with Crippen molar-refractivity contribution in [3.05, 3.63) is 59.7 Å². The highest BCUT2D eigenvalue weighted by atomic mass is 19.1. The summed E-state index contributed by atoms with van der Waals surface area (Å²) < 4.78 is 30.5. The Bertz CT molecular complexity index is 1050. The summed E-state index contributed by atoms with van der Waals surface area (Å²) in [6.07, 6.45) is 0.898. The van der Waals surface area contributed by atoms with Crippen LogP contribution >= 0.6 is 0 Å². The summed E-state index contributed by atoms with van der Waals surface area (Å²) in [5.41, 5.74) is 1.16. The van der Waals surface area contributed by atoms with Gasteiger partial charge >= 0.3 is 0 Å². The van der Waals surface area contributed by atoms with Crippen LogP contribution in [0.4, 0.5) is 4.39 Å². The first kappa shape index (κ1) is 19.9. The molecule has 0 N–H and O–H groups in total. The molecule has 8 heteroatoms. The molecule has 0 spiro atoms. The van der Waals surface area contributed by atoms with E-state index < -0.39 is 0 Å². The largest absolute Gasteiger partial charge is 0.493 e. The summed E-state index contributed by atoms with van der Waals surface area (Å²) in [6.45, 7) is 2.58. The number of hydrogen-bond acceptors (Lipinski definition) is 6. The molecule has 156 valence electrons. The molecule has 2 heterocycles. The molecule has 0 saturated carbocycles. The number of nitrogens with zero attached hydrogens (tertiary/aromatic N) is 3. The van der Waals surface area contributed by atoms with Crippen molar-refractivity contribution in [2.45, 2.75) is 32.4 Å². The lowest BCUT2D eigenvalue weighted by atomic mass is 10.1. The van der Waals surface area contributed by atoms with E-state index in [4.69, 9.17) is 14.0 Å². The Morgan fingerprint density at radius 2 is 2.07 bits per heavy atom. The smallest absolute Gasteiger partial charge is 0.249 e. The predicted octanol–water partition coefficient (Wildman–Crippen LogP) is 4.15. The maximum Gasteiger partial charge on any atom is 0.249 e. The fourth-order valence-corrected chi connectivity index (χ4v) is 3.57. The number of rotatable bonds is 7. The van der Waals surface area contributed by atoms with E-state index in [0.717, 1.165) is 0 Å². The fraction of sp³-hybridized carbons (Fsp3) is 0.318. The zero-order chi connectivity index (χ0) is 21.1. The van der Waals surface area contributed by atoms with E-state index >= 15 is 0 Å². The van der Waals surface area contributed by atoms with Crippen molar-refractivity contribution >= 4 is 5.91 Å². The van der Waals surface area contributed by atoms with Crippen molar-refractivity contribution in [1.82, 2.24) is 15.0 Å². The highest BCUT2D eigenvalue weighted by molar-refractivity contribution is 5.79. The van der Waals surface area contributed by atoms with Gasteiger partial charge in [-0.2, -0.15) is 4.98 Å². The molecular weight excluding hydrogens is 389 g/mol. The second kappa shape index (κ2) is 8.52. The minimum Gasteiger partial charge on any atom is -0.493 e. The van der Waals surface area contributed by atoms with Crippen molar-refractivity contribution in [3.63, 3.8) is 0 Å². The predicted molar refractivity (Wildman–Crippen MR) is 106 cm³/mol. The maximum atomic E-state index is 14.1. The summed E-state index contributed by atoms with van der Waals surface area (Å²) in [4.78, 5) is 18.5. The van der Waals surface area contributed by atoms with Gasteiger partial charge in [0.05, 0.1) is 13.7 Å². The standard InChI is InChI=1S/C22H22FN3O4/c1-3-29-18-10-8-14(12-19(18)28-2)21-24-22(30-25-21)17-9-11-20(27)26(17)13-15-6-4-5-7-16(15)23/h4-8,10,12,17H,3,9,11,13H2,1-2H3. The monoisotopic (exact) mass is 411 g/mol. The number of methoxy groups -OCH3 is 1. The first-order chi connectivity index (χ1) is 14.6. The number of benzene rings is 2. The highest BCUT2D eigenvalue weighted by Gasteiger charge is 2.36. The Kier molecular flexibility index (Phi) is 5.65. The third-order valence-electron chi connectivity index (χ3n) is 5.08. The molecule has 0 radical (unpaired) electrons. The minimum atomic E-state index is -0.386. The van der Waals surface area contributed by atoms with Gasteiger partial charge < -0.3 is 18.9 Å². The van der Waals surface area contributed by atoms with Gasteiger partial charge in [-0.3, -0.25) is 4.79 Å². The number of likely N-dealkylation sites (tertiary alicyclic amines) is 1. The van der Waals surface area contributed by atoms with Gasteiger partial charge in [0.2, 0.25) is 17.6 Å². The number of carbonyl (C=O) groups is 1. The van der Waals surface area contributed by atoms with Gasteiger partial charge in [-0.25, -0.2) is 4.39 Å². The van der Waals surface area contributed by atoms with Crippen molar-refractivity contribution < 1.29 is 23.2 Å². The van der Waals surface area contributed by atoms with Crippen molar-refractivity contribution in [2.24, 2.45) is 0 Å². The van der Waals surface area contributed by atoms with Crippen LogP contribution in [-0.4, -0.2) is 34.7 Å². The van der Waals surface area contributed by atoms with Gasteiger partial charge in [-0.1, -0.05) is 23.4 Å². The van der Waals surface area contributed by atoms with E-state index in [1.54, 1.807) is 42.3 Å². The molecule has 1 unspecified atom stereocenters. The summed E-state index contributed by atoms with van der Waals surface area (Å²) in [7, 11) is 1.56. The van der Waals surface area contributed by atoms with E-state index in [1.807, 2.05) is 13.0 Å². The second-order valence-electron chi connectivity index (χ2n) is 6.92. The average molecular weight is 411 g/mol. The average Bonchev–Trinajstić information content (AvgIpc) is 3.37. The zero-order valence-electron chi connectivity index (χ0n) is 16.8. The fourth-order valence-electron chi connectivity index (χ4n) is 3.57. The first-order valence-corrected chi connectivity index (χ1v) is 9.78. The van der Waals surface area contributed by atoms with Crippen LogP contribution in [0.3, 0.4) is 0 Å². The van der Waals surface area contributed by atoms with Crippen molar-refractivity contribution in [1.29, 1.82) is 0 Å². The minimum absolute atomic E-state index is 0.0641. The van der Waals surface area contributed by atoms with Crippen molar-refractivity contribution in [3.8, 4) is 22.9 Å². The Labute approximate surface area is 173 Å². The van der Waals surface area contributed by atoms with Crippen LogP contribution < -0.4 is 9.47 Å². The van der Waals surface area contributed by atoms with Crippen LogP contribution in [0.5, 0.6) is 11.5 Å². The Morgan fingerprint density at radius 1 is 1.23 bits per heavy atom. The summed E-state index contributed by atoms with van der Waals surface area (Å²) in [6, 6.07) is 11.4. The van der Waals surface area contributed by atoms with E-state index in [0.29, 0.717) is 53.8 Å². The lowest BCUT2D eigenvalue weighted by molar-refractivity contribution is -0.130. The lowest BCUT2D eigenvalue weighted by Crippen LogP contribution is -2.27. The lowest BCUT2D eigenvalue weighted by Gasteiger charge is -2.22. The van der Waals surface area contributed by atoms with E-state index in [2.05, 4.69) is 10.1 Å². The van der Waals surface area contributed by atoms with Crippen LogP contribution in [0.2, 0.25) is 0 Å². The number of hydrogen-bond donors (Lipinski definition) is 0. The van der Waals surface area contributed by atoms with Gasteiger partial charge in [-0.05, 0) is 37.6 Å². The number of aromatic nitrogens is 2. The third-order valence-corrected chi connectivity index (χ3v) is 5.08. The van der Waals surface area contributed by atoms with Gasteiger partial charge in [0.25, 0.3) is 0 Å². The molecule has 3 aromatic rings. The number of ether oxygens (including phenoxy) is 2. The molecule has 1 saturated heterocycles. The molecule has 7 nitrogen and oxygen atoms in total. The van der Waals surface area contributed by atoms with Gasteiger partial charge in [0, 0.05) is 24.1 Å². The molecule has 0 aliphatic carbocycles. The molecule has 30 heavy (non-hydrogen) atoms. The van der Waals surface area contributed by atoms with Crippen LogP contribution in [0.15, 0.2) is 47.0 Å². The molecule has 1 fully saturated rings. The van der Waals surface area contributed by atoms with Crippen LogP contribution in [0, 0.1) is 5.82 Å². The SMILES string of the molecule is CCOc1ccc(-c2noc(C3CCC(=O)N3Cc3ccccc3F)n2)cc1OC. The first-order valence-electron chi connectivity index (χ1n) is 9.78. The van der Waals surface area contributed by atoms with E-state index in [9.17, 15) is 9.18 Å². The quantitative estimate of drug-likeness (QED) is 0.581. The number of halogens is 1. The van der Waals surface area contributed by atoms with E-state index in [-0.39, 0.29) is 24.3 Å². The van der Waals surface area contributed by atoms with Crippen LogP contribution in [0.1, 0.15) is 37.3 Å². The molecule has 0 bridgehead atoms. The van der Waals surface area contributed by atoms with Crippen LogP contribution in [-0.2, 0) is 11.3 Å². The number of carbonyl (C=O) groups excluding carboxylic acids is 1. The summed E-state index contributed by atoms with van der Waals surface area (Å²) in [5, 5.41) is 4.07. The Balaban J connectivity index is 1.58. The summed E-state index contributed by atoms with van der Waals surface area (Å²) >= 11 is 0.